The Kier molecular flexibility index (Phi) is 4.82. The predicted octanol–water partition coefficient (Wildman–Crippen LogP) is 0.276. The molecule has 0 saturated heterocycles. The van der Waals surface area contributed by atoms with Crippen molar-refractivity contribution in [1.29, 1.82) is 0 Å². The van der Waals surface area contributed by atoms with Crippen LogP contribution in [0.5, 0.6) is 0 Å². The molecule has 2 N–H and O–H groups in total. The minimum atomic E-state index is -3.32. The molecule has 0 aliphatic heterocycles. The maximum atomic E-state index is 11.3. The van der Waals surface area contributed by atoms with Gasteiger partial charge < -0.3 is 5.73 Å². The van der Waals surface area contributed by atoms with E-state index in [2.05, 4.69) is 9.97 Å². The second-order valence-electron chi connectivity index (χ2n) is 3.20. The van der Waals surface area contributed by atoms with E-state index in [0.717, 1.165) is 10.6 Å². The van der Waals surface area contributed by atoms with Crippen molar-refractivity contribution >= 4 is 15.8 Å². The van der Waals surface area contributed by atoms with Crippen LogP contribution >= 0.6 is 0 Å². The first-order chi connectivity index (χ1) is 6.86. The van der Waals surface area contributed by atoms with Gasteiger partial charge in [-0.25, -0.2) is 18.4 Å². The fraction of sp³-hybridized carbons (Fsp3) is 0.556. The molecule has 0 atom stereocenters. The van der Waals surface area contributed by atoms with Gasteiger partial charge in [-0.15, -0.1) is 0 Å². The lowest BCUT2D eigenvalue weighted by atomic mass is 10.3. The van der Waals surface area contributed by atoms with Gasteiger partial charge >= 0.3 is 0 Å². The first-order valence-electron chi connectivity index (χ1n) is 4.32. The third kappa shape index (κ3) is 3.14. The van der Waals surface area contributed by atoms with Crippen molar-refractivity contribution in [2.75, 3.05) is 17.6 Å². The van der Waals surface area contributed by atoms with Crippen LogP contribution in [0.3, 0.4) is 0 Å². The van der Waals surface area contributed by atoms with Crippen molar-refractivity contribution in [2.45, 2.75) is 20.9 Å². The monoisotopic (exact) mass is 246 g/mol. The predicted molar refractivity (Wildman–Crippen MR) is 64.6 cm³/mol. The van der Waals surface area contributed by atoms with Crippen molar-refractivity contribution in [3.05, 3.63) is 17.6 Å². The fourth-order valence-corrected chi connectivity index (χ4v) is 1.53. The lowest BCUT2D eigenvalue weighted by molar-refractivity contribution is 0.599. The average Bonchev–Trinajstić information content (AvgIpc) is 2.15. The second kappa shape index (κ2) is 5.22. The van der Waals surface area contributed by atoms with Crippen LogP contribution in [0.4, 0.5) is 5.82 Å². The van der Waals surface area contributed by atoms with Gasteiger partial charge in [0.2, 0.25) is 10.0 Å². The first kappa shape index (κ1) is 14.8. The van der Waals surface area contributed by atoms with Crippen LogP contribution in [0.25, 0.3) is 0 Å². The lowest BCUT2D eigenvalue weighted by Crippen LogP contribution is -2.27. The Bertz CT molecular complexity index is 459. The molecule has 16 heavy (non-hydrogen) atoms. The van der Waals surface area contributed by atoms with Crippen molar-refractivity contribution < 1.29 is 8.42 Å². The molecule has 0 spiro atoms. The summed E-state index contributed by atoms with van der Waals surface area (Å²) in [4.78, 5) is 8.03. The molecular weight excluding hydrogens is 228 g/mol. The molecule has 1 aromatic heterocycles. The third-order valence-electron chi connectivity index (χ3n) is 1.98. The van der Waals surface area contributed by atoms with Crippen molar-refractivity contribution in [1.82, 2.24) is 9.97 Å². The summed E-state index contributed by atoms with van der Waals surface area (Å²) in [5.41, 5.74) is 6.09. The van der Waals surface area contributed by atoms with E-state index in [9.17, 15) is 8.42 Å². The second-order valence-corrected chi connectivity index (χ2v) is 5.21. The van der Waals surface area contributed by atoms with Crippen LogP contribution in [0, 0.1) is 6.92 Å². The molecule has 1 heterocycles. The van der Waals surface area contributed by atoms with E-state index >= 15 is 0 Å². The molecule has 0 fully saturated rings. The van der Waals surface area contributed by atoms with Gasteiger partial charge in [0.05, 0.1) is 6.26 Å². The summed E-state index contributed by atoms with van der Waals surface area (Å²) in [5, 5.41) is 0. The molecule has 6 nitrogen and oxygen atoms in total. The number of rotatable bonds is 3. The normalized spacial score (nSPS) is 10.8. The molecule has 0 aliphatic carbocycles. The van der Waals surface area contributed by atoms with Crippen molar-refractivity contribution in [2.24, 2.45) is 5.73 Å². The van der Waals surface area contributed by atoms with Crippen molar-refractivity contribution in [3.8, 4) is 0 Å². The van der Waals surface area contributed by atoms with Crippen LogP contribution in [0.15, 0.2) is 6.20 Å². The van der Waals surface area contributed by atoms with Gasteiger partial charge in [0.25, 0.3) is 0 Å². The van der Waals surface area contributed by atoms with E-state index in [-0.39, 0.29) is 14.0 Å². The Labute approximate surface area is 96.6 Å². The van der Waals surface area contributed by atoms with Gasteiger partial charge in [0.15, 0.2) is 0 Å². The molecule has 92 valence electrons. The Morgan fingerprint density at radius 1 is 1.50 bits per heavy atom. The number of aryl methyl sites for hydroxylation is 1. The molecule has 0 bridgehead atoms. The van der Waals surface area contributed by atoms with Gasteiger partial charge in [-0.1, -0.05) is 7.43 Å². The zero-order valence-electron chi connectivity index (χ0n) is 8.93. The number of hydrogen-bond acceptors (Lipinski definition) is 5. The van der Waals surface area contributed by atoms with Crippen LogP contribution in [-0.2, 0) is 16.6 Å². The van der Waals surface area contributed by atoms with Crippen LogP contribution in [0.1, 0.15) is 18.8 Å². The molecule has 0 amide bonds. The molecule has 0 unspecified atom stereocenters. The van der Waals surface area contributed by atoms with Crippen LogP contribution in [-0.4, -0.2) is 31.7 Å². The number of aromatic nitrogens is 2. The summed E-state index contributed by atoms with van der Waals surface area (Å²) in [6.45, 7) is 1.90. The molecule has 1 rings (SSSR count). The molecule has 0 saturated carbocycles. The van der Waals surface area contributed by atoms with Gasteiger partial charge in [0, 0.05) is 25.4 Å². The highest BCUT2D eigenvalue weighted by Gasteiger charge is 2.17. The zero-order valence-corrected chi connectivity index (χ0v) is 9.74. The topological polar surface area (TPSA) is 89.2 Å². The van der Waals surface area contributed by atoms with Crippen LogP contribution < -0.4 is 10.0 Å². The molecule has 1 aromatic rings. The Morgan fingerprint density at radius 3 is 2.50 bits per heavy atom. The Morgan fingerprint density at radius 2 is 2.06 bits per heavy atom. The molecular formula is C9H18N4O2S. The van der Waals surface area contributed by atoms with Gasteiger partial charge in [0.1, 0.15) is 11.6 Å². The number of anilines is 1. The van der Waals surface area contributed by atoms with E-state index in [1.54, 1.807) is 13.1 Å². The van der Waals surface area contributed by atoms with Gasteiger partial charge in [-0.3, -0.25) is 4.31 Å². The number of nitrogens with zero attached hydrogens (tertiary/aromatic N) is 3. The maximum absolute atomic E-state index is 11.3. The van der Waals surface area contributed by atoms with Gasteiger partial charge in [-0.05, 0) is 6.92 Å². The molecule has 0 aliphatic rings. The Hall–Kier alpha value is -1.21. The third-order valence-corrected chi connectivity index (χ3v) is 3.15. The van der Waals surface area contributed by atoms with E-state index in [1.165, 1.54) is 7.05 Å². The quantitative estimate of drug-likeness (QED) is 0.827. The smallest absolute Gasteiger partial charge is 0.233 e. The number of sulfonamides is 1. The number of nitrogens with two attached hydrogens (primary N) is 1. The van der Waals surface area contributed by atoms with E-state index in [4.69, 9.17) is 5.73 Å². The average molecular weight is 246 g/mol. The summed E-state index contributed by atoms with van der Waals surface area (Å²) >= 11 is 0. The summed E-state index contributed by atoms with van der Waals surface area (Å²) < 4.78 is 23.8. The largest absolute Gasteiger partial charge is 0.326 e. The fourth-order valence-electron chi connectivity index (χ4n) is 1.06. The number of hydrogen-bond donors (Lipinski definition) is 1. The van der Waals surface area contributed by atoms with Gasteiger partial charge in [-0.2, -0.15) is 0 Å². The summed E-state index contributed by atoms with van der Waals surface area (Å²) in [6, 6.07) is 0. The maximum Gasteiger partial charge on any atom is 0.233 e. The standard InChI is InChI=1S/C8H14N4O2S.CH4/c1-6-10-5-7(4-9)8(11-6)12(2)15(3,13)14;/h5H,4,9H2,1-3H3;1H4. The zero-order chi connectivity index (χ0) is 11.6. The highest BCUT2D eigenvalue weighted by molar-refractivity contribution is 7.92. The molecule has 7 heteroatoms. The minimum absolute atomic E-state index is 0. The highest BCUT2D eigenvalue weighted by Crippen LogP contribution is 2.17. The summed E-state index contributed by atoms with van der Waals surface area (Å²) in [7, 11) is -1.88. The molecule has 0 aromatic carbocycles. The van der Waals surface area contributed by atoms with Crippen molar-refractivity contribution in [3.63, 3.8) is 0 Å². The first-order valence-corrected chi connectivity index (χ1v) is 6.17. The Balaban J connectivity index is 0.00000225. The molecule has 0 radical (unpaired) electrons. The van der Waals surface area contributed by atoms with E-state index in [0.29, 0.717) is 17.2 Å². The lowest BCUT2D eigenvalue weighted by Gasteiger charge is -2.18. The SMILES string of the molecule is C.Cc1ncc(CN)c(N(C)S(C)(=O)=O)n1. The van der Waals surface area contributed by atoms with Crippen LogP contribution in [0.2, 0.25) is 0 Å². The summed E-state index contributed by atoms with van der Waals surface area (Å²) in [5.74, 6) is 0.852. The highest BCUT2D eigenvalue weighted by atomic mass is 32.2. The minimum Gasteiger partial charge on any atom is -0.326 e. The van der Waals surface area contributed by atoms with E-state index < -0.39 is 10.0 Å². The summed E-state index contributed by atoms with van der Waals surface area (Å²) in [6.07, 6.45) is 2.66. The van der Waals surface area contributed by atoms with E-state index in [1.807, 2.05) is 0 Å².